The minimum atomic E-state index is -1.02. The van der Waals surface area contributed by atoms with Gasteiger partial charge < -0.3 is 27.1 Å². The van der Waals surface area contributed by atoms with Crippen molar-refractivity contribution in [3.8, 4) is 0 Å². The number of benzene rings is 1. The van der Waals surface area contributed by atoms with E-state index in [0.717, 1.165) is 5.56 Å². The van der Waals surface area contributed by atoms with Crippen LogP contribution in [0.25, 0.3) is 0 Å². The molecule has 0 aliphatic rings. The zero-order valence-corrected chi connectivity index (χ0v) is 16.3. The van der Waals surface area contributed by atoms with Gasteiger partial charge in [-0.25, -0.2) is 4.98 Å². The van der Waals surface area contributed by atoms with Crippen LogP contribution < -0.4 is 22.1 Å². The van der Waals surface area contributed by atoms with Gasteiger partial charge in [0.1, 0.15) is 6.04 Å². The van der Waals surface area contributed by atoms with Crippen LogP contribution in [-0.4, -0.2) is 52.1 Å². The first-order valence-electron chi connectivity index (χ1n) is 9.43. The molecule has 0 saturated carbocycles. The average Bonchev–Trinajstić information content (AvgIpc) is 3.24. The lowest BCUT2D eigenvalue weighted by atomic mass is 10.0. The summed E-state index contributed by atoms with van der Waals surface area (Å²) < 4.78 is 0. The quantitative estimate of drug-likeness (QED) is 0.294. The molecule has 0 aliphatic carbocycles. The molecule has 0 fully saturated rings. The third kappa shape index (κ3) is 7.47. The second kappa shape index (κ2) is 11.5. The van der Waals surface area contributed by atoms with Gasteiger partial charge in [0.2, 0.25) is 24.0 Å². The molecule has 2 rings (SSSR count). The molecule has 1 radical (unpaired) electrons. The van der Waals surface area contributed by atoms with Crippen LogP contribution in [0, 0.1) is 0 Å². The number of nitrogens with zero attached hydrogens (tertiary/aromatic N) is 1. The number of imidazole rings is 1. The third-order valence-corrected chi connectivity index (χ3v) is 4.38. The molecule has 7 N–H and O–H groups in total. The Balaban J connectivity index is 2.04. The Morgan fingerprint density at radius 3 is 2.43 bits per heavy atom. The first kappa shape index (κ1) is 22.8. The van der Waals surface area contributed by atoms with Gasteiger partial charge in [-0.15, -0.1) is 0 Å². The fourth-order valence-electron chi connectivity index (χ4n) is 2.77. The third-order valence-electron chi connectivity index (χ3n) is 4.38. The van der Waals surface area contributed by atoms with Crippen molar-refractivity contribution in [2.24, 2.45) is 11.5 Å². The number of hydrogen-bond acceptors (Lipinski definition) is 6. The molecule has 1 aromatic heterocycles. The summed E-state index contributed by atoms with van der Waals surface area (Å²) in [6.45, 7) is 0. The molecule has 3 amide bonds. The van der Waals surface area contributed by atoms with Crippen molar-refractivity contribution in [3.05, 3.63) is 54.1 Å². The van der Waals surface area contributed by atoms with Crippen LogP contribution in [0.5, 0.6) is 0 Å². The largest absolute Gasteiger partial charge is 0.370 e. The van der Waals surface area contributed by atoms with Gasteiger partial charge in [0.05, 0.1) is 24.1 Å². The van der Waals surface area contributed by atoms with Gasteiger partial charge in [0.25, 0.3) is 0 Å². The second-order valence-corrected chi connectivity index (χ2v) is 6.81. The highest BCUT2D eigenvalue weighted by molar-refractivity contribution is 5.91. The standard InChI is InChI=1S/C20H25N6O4/c21-16(6-7-18(22)28)19(29)26-17(9-14-10-23-12-24-14)20(30)25-15(11-27)8-13-4-2-1-3-5-13/h1-5,10,12,15-17H,6-9,21H2,(H2,22,28)(H,23,24)(H,25,30)(H,26,29)/t15-,16+,17+/m1/s1. The lowest BCUT2D eigenvalue weighted by molar-refractivity contribution is -0.130. The van der Waals surface area contributed by atoms with E-state index in [1.807, 2.05) is 36.6 Å². The minimum Gasteiger partial charge on any atom is -0.370 e. The number of nitrogens with two attached hydrogens (primary N) is 2. The second-order valence-electron chi connectivity index (χ2n) is 6.81. The van der Waals surface area contributed by atoms with Crippen LogP contribution in [0.15, 0.2) is 42.9 Å². The van der Waals surface area contributed by atoms with Gasteiger partial charge in [-0.1, -0.05) is 30.3 Å². The number of rotatable bonds is 12. The summed E-state index contributed by atoms with van der Waals surface area (Å²) in [6.07, 6.45) is 5.19. The number of H-pyrrole nitrogens is 1. The van der Waals surface area contributed by atoms with Crippen LogP contribution in [0.4, 0.5) is 0 Å². The Morgan fingerprint density at radius 1 is 1.10 bits per heavy atom. The number of carbonyl (C=O) groups is 3. The molecule has 0 spiro atoms. The molecule has 0 unspecified atom stereocenters. The van der Waals surface area contributed by atoms with Crippen molar-refractivity contribution in [1.29, 1.82) is 0 Å². The van der Waals surface area contributed by atoms with E-state index in [1.54, 1.807) is 6.20 Å². The number of aromatic nitrogens is 2. The predicted octanol–water partition coefficient (Wildman–Crippen LogP) is -1.13. The van der Waals surface area contributed by atoms with E-state index in [9.17, 15) is 19.2 Å². The van der Waals surface area contributed by atoms with Crippen molar-refractivity contribution in [2.75, 3.05) is 0 Å². The topological polar surface area (TPSA) is 173 Å². The molecular weight excluding hydrogens is 388 g/mol. The van der Waals surface area contributed by atoms with Crippen molar-refractivity contribution < 1.29 is 19.2 Å². The van der Waals surface area contributed by atoms with E-state index >= 15 is 0 Å². The summed E-state index contributed by atoms with van der Waals surface area (Å²) in [6, 6.07) is 6.24. The first-order valence-corrected chi connectivity index (χ1v) is 9.43. The molecule has 2 aromatic rings. The molecule has 10 heteroatoms. The summed E-state index contributed by atoms with van der Waals surface area (Å²) in [7, 11) is 0. The SMILES string of the molecule is NC(=O)CC[C@H](N)C(=O)N[C@@H](Cc1c[nH]cn1)C(=O)N[C@@H]([C]=O)Cc1ccccc1. The number of amides is 3. The van der Waals surface area contributed by atoms with Crippen LogP contribution >= 0.6 is 0 Å². The van der Waals surface area contributed by atoms with E-state index in [4.69, 9.17) is 11.5 Å². The molecule has 30 heavy (non-hydrogen) atoms. The Kier molecular flexibility index (Phi) is 8.70. The van der Waals surface area contributed by atoms with Crippen LogP contribution in [0.3, 0.4) is 0 Å². The number of aromatic amines is 1. The fourth-order valence-corrected chi connectivity index (χ4v) is 2.77. The highest BCUT2D eigenvalue weighted by Gasteiger charge is 2.27. The van der Waals surface area contributed by atoms with Gasteiger partial charge in [-0.05, 0) is 12.0 Å². The van der Waals surface area contributed by atoms with E-state index in [0.29, 0.717) is 5.69 Å². The summed E-state index contributed by atoms with van der Waals surface area (Å²) >= 11 is 0. The lowest BCUT2D eigenvalue weighted by Crippen LogP contribution is -2.54. The van der Waals surface area contributed by atoms with Gasteiger partial charge in [0.15, 0.2) is 0 Å². The molecule has 0 bridgehead atoms. The van der Waals surface area contributed by atoms with Gasteiger partial charge in [0, 0.05) is 25.5 Å². The monoisotopic (exact) mass is 413 g/mol. The lowest BCUT2D eigenvalue weighted by Gasteiger charge is -2.22. The van der Waals surface area contributed by atoms with Gasteiger partial charge >= 0.3 is 0 Å². The predicted molar refractivity (Wildman–Crippen MR) is 108 cm³/mol. The fraction of sp³-hybridized carbons (Fsp3) is 0.350. The highest BCUT2D eigenvalue weighted by Crippen LogP contribution is 2.05. The van der Waals surface area contributed by atoms with E-state index in [1.165, 1.54) is 6.33 Å². The van der Waals surface area contributed by atoms with Crippen LogP contribution in [0.2, 0.25) is 0 Å². The molecule has 0 saturated heterocycles. The average molecular weight is 413 g/mol. The minimum absolute atomic E-state index is 0.0515. The Labute approximate surface area is 173 Å². The zero-order valence-electron chi connectivity index (χ0n) is 16.3. The highest BCUT2D eigenvalue weighted by atomic mass is 16.2. The maximum atomic E-state index is 12.8. The van der Waals surface area contributed by atoms with Crippen molar-refractivity contribution in [3.63, 3.8) is 0 Å². The number of nitrogens with one attached hydrogen (secondary N) is 3. The Bertz CT molecular complexity index is 840. The van der Waals surface area contributed by atoms with Crippen molar-refractivity contribution >= 4 is 24.0 Å². The number of carbonyl (C=O) groups excluding carboxylic acids is 4. The molecular formula is C20H25N6O4. The molecule has 1 heterocycles. The smallest absolute Gasteiger partial charge is 0.243 e. The molecule has 1 aromatic carbocycles. The van der Waals surface area contributed by atoms with Gasteiger partial charge in [-0.3, -0.25) is 19.2 Å². The first-order chi connectivity index (χ1) is 14.4. The van der Waals surface area contributed by atoms with E-state index in [2.05, 4.69) is 20.6 Å². The number of hydrogen-bond donors (Lipinski definition) is 5. The van der Waals surface area contributed by atoms with E-state index < -0.39 is 35.8 Å². The molecule has 159 valence electrons. The molecule has 3 atom stereocenters. The summed E-state index contributed by atoms with van der Waals surface area (Å²) in [5.74, 6) is -1.76. The Hall–Kier alpha value is -3.53. The molecule has 10 nitrogen and oxygen atoms in total. The normalized spacial score (nSPS) is 13.6. The summed E-state index contributed by atoms with van der Waals surface area (Å²) in [5, 5.41) is 5.15. The van der Waals surface area contributed by atoms with E-state index in [-0.39, 0.29) is 25.7 Å². The van der Waals surface area contributed by atoms with Crippen molar-refractivity contribution in [2.45, 2.75) is 43.8 Å². The van der Waals surface area contributed by atoms with Crippen LogP contribution in [0.1, 0.15) is 24.1 Å². The summed E-state index contributed by atoms with van der Waals surface area (Å²) in [5.41, 5.74) is 12.2. The zero-order chi connectivity index (χ0) is 21.9. The van der Waals surface area contributed by atoms with Crippen molar-refractivity contribution in [1.82, 2.24) is 20.6 Å². The van der Waals surface area contributed by atoms with Gasteiger partial charge in [-0.2, -0.15) is 0 Å². The summed E-state index contributed by atoms with van der Waals surface area (Å²) in [4.78, 5) is 54.3. The number of primary amides is 1. The maximum absolute atomic E-state index is 12.8. The van der Waals surface area contributed by atoms with Crippen LogP contribution in [-0.2, 0) is 32.0 Å². The Morgan fingerprint density at radius 2 is 1.83 bits per heavy atom. The molecule has 0 aliphatic heterocycles. The maximum Gasteiger partial charge on any atom is 0.243 e.